The first-order valence-electron chi connectivity index (χ1n) is 9.52. The Hall–Kier alpha value is -3.91. The summed E-state index contributed by atoms with van der Waals surface area (Å²) in [5.74, 6) is -2.80. The molecule has 1 heterocycles. The lowest BCUT2D eigenvalue weighted by atomic mass is 10.1. The summed E-state index contributed by atoms with van der Waals surface area (Å²) < 4.78 is 0. The van der Waals surface area contributed by atoms with Crippen LogP contribution in [0.3, 0.4) is 0 Å². The number of anilines is 1. The van der Waals surface area contributed by atoms with Gasteiger partial charge in [0.05, 0.1) is 5.69 Å². The van der Waals surface area contributed by atoms with Crippen LogP contribution in [0, 0.1) is 12.8 Å². The Morgan fingerprint density at radius 1 is 1.06 bits per heavy atom. The van der Waals surface area contributed by atoms with Gasteiger partial charge in [0, 0.05) is 11.8 Å². The Bertz CT molecular complexity index is 1240. The summed E-state index contributed by atoms with van der Waals surface area (Å²) >= 11 is 5.16. The van der Waals surface area contributed by atoms with Gasteiger partial charge in [0.15, 0.2) is 11.0 Å². The number of hydrogen-bond donors (Lipinski definition) is 2. The van der Waals surface area contributed by atoms with Crippen molar-refractivity contribution in [2.45, 2.75) is 6.92 Å². The van der Waals surface area contributed by atoms with Crippen LogP contribution < -0.4 is 15.6 Å². The van der Waals surface area contributed by atoms with Crippen LogP contribution in [-0.4, -0.2) is 29.0 Å². The first-order valence-corrected chi connectivity index (χ1v) is 9.92. The van der Waals surface area contributed by atoms with Gasteiger partial charge in [-0.2, -0.15) is 5.10 Å². The highest BCUT2D eigenvalue weighted by molar-refractivity contribution is 7.80. The van der Waals surface area contributed by atoms with Crippen molar-refractivity contribution in [1.82, 2.24) is 10.7 Å². The van der Waals surface area contributed by atoms with Gasteiger partial charge in [0.1, 0.15) is 0 Å². The van der Waals surface area contributed by atoms with Crippen LogP contribution in [0.4, 0.5) is 5.69 Å². The molecule has 8 heteroatoms. The van der Waals surface area contributed by atoms with Crippen molar-refractivity contribution < 1.29 is 14.4 Å². The van der Waals surface area contributed by atoms with Gasteiger partial charge in [-0.25, -0.2) is 5.43 Å². The smallest absolute Gasteiger partial charge is 0.271 e. The molecule has 1 aliphatic heterocycles. The molecule has 31 heavy (non-hydrogen) atoms. The zero-order valence-corrected chi connectivity index (χ0v) is 17.3. The van der Waals surface area contributed by atoms with E-state index in [1.807, 2.05) is 49.4 Å². The normalized spacial score (nSPS) is 16.6. The Morgan fingerprint density at radius 3 is 2.52 bits per heavy atom. The van der Waals surface area contributed by atoms with E-state index in [1.54, 1.807) is 24.3 Å². The number of benzene rings is 3. The molecule has 1 atom stereocenters. The Morgan fingerprint density at radius 2 is 1.77 bits per heavy atom. The fraction of sp³-hybridized carbons (Fsp3) is 0.0870. The van der Waals surface area contributed by atoms with Crippen molar-refractivity contribution in [1.29, 1.82) is 0 Å². The number of nitrogens with one attached hydrogen (secondary N) is 2. The van der Waals surface area contributed by atoms with Gasteiger partial charge in [0.25, 0.3) is 11.8 Å². The van der Waals surface area contributed by atoms with Crippen molar-refractivity contribution >= 4 is 57.7 Å². The molecular weight excluding hydrogens is 412 g/mol. The van der Waals surface area contributed by atoms with Gasteiger partial charge in [-0.3, -0.25) is 19.3 Å². The number of hydrazone groups is 1. The minimum atomic E-state index is -1.22. The molecule has 0 aliphatic carbocycles. The first kappa shape index (κ1) is 20.4. The van der Waals surface area contributed by atoms with Gasteiger partial charge < -0.3 is 5.32 Å². The second-order valence-electron chi connectivity index (χ2n) is 7.06. The molecule has 3 aromatic carbocycles. The Kier molecular flexibility index (Phi) is 5.55. The van der Waals surface area contributed by atoms with E-state index in [4.69, 9.17) is 12.2 Å². The molecule has 1 aliphatic rings. The number of aryl methyl sites for hydroxylation is 1. The predicted octanol–water partition coefficient (Wildman–Crippen LogP) is 2.93. The minimum absolute atomic E-state index is 0.00343. The summed E-state index contributed by atoms with van der Waals surface area (Å²) in [6.07, 6.45) is 1.11. The van der Waals surface area contributed by atoms with Gasteiger partial charge >= 0.3 is 0 Å². The zero-order valence-electron chi connectivity index (χ0n) is 16.5. The molecular formula is C23H18N4O3S. The monoisotopic (exact) mass is 430 g/mol. The van der Waals surface area contributed by atoms with Crippen molar-refractivity contribution in [3.63, 3.8) is 0 Å². The Balaban J connectivity index is 1.49. The third-order valence-corrected chi connectivity index (χ3v) is 5.18. The zero-order chi connectivity index (χ0) is 22.0. The number of fused-ring (bicyclic) bond motifs is 1. The molecule has 3 amide bonds. The van der Waals surface area contributed by atoms with E-state index in [2.05, 4.69) is 15.8 Å². The van der Waals surface area contributed by atoms with Gasteiger partial charge in [-0.15, -0.1) is 0 Å². The quantitative estimate of drug-likeness (QED) is 0.288. The lowest BCUT2D eigenvalue weighted by Crippen LogP contribution is -2.58. The topological polar surface area (TPSA) is 90.9 Å². The van der Waals surface area contributed by atoms with Crippen molar-refractivity contribution in [2.75, 3.05) is 4.90 Å². The average Bonchev–Trinajstić information content (AvgIpc) is 2.76. The van der Waals surface area contributed by atoms with E-state index in [0.29, 0.717) is 11.3 Å². The summed E-state index contributed by atoms with van der Waals surface area (Å²) in [5, 5.41) is 8.29. The molecule has 0 spiro atoms. The molecule has 4 rings (SSSR count). The maximum atomic E-state index is 12.9. The summed E-state index contributed by atoms with van der Waals surface area (Å²) in [5.41, 5.74) is 4.35. The molecule has 1 saturated heterocycles. The number of rotatable bonds is 4. The third kappa shape index (κ3) is 4.19. The fourth-order valence-electron chi connectivity index (χ4n) is 3.23. The third-order valence-electron chi connectivity index (χ3n) is 4.90. The maximum Gasteiger partial charge on any atom is 0.271 e. The van der Waals surface area contributed by atoms with E-state index in [1.165, 1.54) is 4.90 Å². The van der Waals surface area contributed by atoms with Crippen molar-refractivity contribution in [3.05, 3.63) is 77.9 Å². The predicted molar refractivity (Wildman–Crippen MR) is 123 cm³/mol. The van der Waals surface area contributed by atoms with E-state index in [9.17, 15) is 14.4 Å². The molecule has 2 N–H and O–H groups in total. The second-order valence-corrected chi connectivity index (χ2v) is 7.45. The maximum absolute atomic E-state index is 12.9. The first-order chi connectivity index (χ1) is 14.9. The molecule has 3 aromatic rings. The number of carbonyl (C=O) groups excluding carboxylic acids is 3. The van der Waals surface area contributed by atoms with E-state index < -0.39 is 23.6 Å². The second kappa shape index (κ2) is 8.45. The number of thiocarbonyl (C=S) groups is 1. The molecule has 0 unspecified atom stereocenters. The van der Waals surface area contributed by atoms with E-state index in [0.717, 1.165) is 22.6 Å². The summed E-state index contributed by atoms with van der Waals surface area (Å²) in [6.45, 7) is 1.93. The van der Waals surface area contributed by atoms with Crippen LogP contribution in [0.2, 0.25) is 0 Å². The molecule has 1 fully saturated rings. The fourth-order valence-corrected chi connectivity index (χ4v) is 3.52. The minimum Gasteiger partial charge on any atom is -0.301 e. The summed E-state index contributed by atoms with van der Waals surface area (Å²) in [4.78, 5) is 38.9. The van der Waals surface area contributed by atoms with Crippen LogP contribution in [0.25, 0.3) is 10.8 Å². The van der Waals surface area contributed by atoms with E-state index in [-0.39, 0.29) is 5.11 Å². The van der Waals surface area contributed by atoms with Gasteiger partial charge in [-0.05, 0) is 54.2 Å². The average molecular weight is 430 g/mol. The van der Waals surface area contributed by atoms with Crippen LogP contribution >= 0.6 is 12.2 Å². The number of nitrogens with zero attached hydrogens (tertiary/aromatic N) is 2. The number of hydrogen-bond acceptors (Lipinski definition) is 5. The molecule has 0 saturated carbocycles. The summed E-state index contributed by atoms with van der Waals surface area (Å²) in [6, 6.07) is 20.1. The van der Waals surface area contributed by atoms with Crippen LogP contribution in [0.5, 0.6) is 0 Å². The Labute approximate surface area is 183 Å². The lowest BCUT2D eigenvalue weighted by Gasteiger charge is -2.30. The van der Waals surface area contributed by atoms with Crippen LogP contribution in [-0.2, 0) is 9.59 Å². The lowest BCUT2D eigenvalue weighted by molar-refractivity contribution is -0.130. The van der Waals surface area contributed by atoms with Crippen molar-refractivity contribution in [3.8, 4) is 0 Å². The van der Waals surface area contributed by atoms with Crippen LogP contribution in [0.1, 0.15) is 15.9 Å². The highest BCUT2D eigenvalue weighted by Crippen LogP contribution is 2.21. The number of amides is 3. The standard InChI is InChI=1S/C23H18N4O3S/c1-14-6-10-18(11-7-14)27-22(30)19(21(29)25-23(27)31)13-24-26-20(28)17-9-8-15-4-2-3-5-16(15)12-17/h2-13,19H,1H3,(H,26,28)(H,25,29,31)/b24-13+/t19-/m1/s1. The highest BCUT2D eigenvalue weighted by atomic mass is 32.1. The van der Waals surface area contributed by atoms with Crippen LogP contribution in [0.15, 0.2) is 71.8 Å². The SMILES string of the molecule is Cc1ccc(N2C(=O)[C@H](/C=N/NC(=O)c3ccc4ccccc4c3)C(=O)NC2=S)cc1. The molecule has 0 bridgehead atoms. The van der Waals surface area contributed by atoms with E-state index >= 15 is 0 Å². The van der Waals surface area contributed by atoms with Gasteiger partial charge in [-0.1, -0.05) is 48.0 Å². The molecule has 7 nitrogen and oxygen atoms in total. The largest absolute Gasteiger partial charge is 0.301 e. The molecule has 0 radical (unpaired) electrons. The number of carbonyl (C=O) groups is 3. The molecule has 0 aromatic heterocycles. The summed E-state index contributed by atoms with van der Waals surface area (Å²) in [7, 11) is 0. The van der Waals surface area contributed by atoms with Gasteiger partial charge in [0.2, 0.25) is 5.91 Å². The molecule has 154 valence electrons. The van der Waals surface area contributed by atoms with Crippen molar-refractivity contribution in [2.24, 2.45) is 11.0 Å². The highest BCUT2D eigenvalue weighted by Gasteiger charge is 2.38.